The number of rotatable bonds is 3. The van der Waals surface area contributed by atoms with Crippen molar-refractivity contribution in [3.8, 4) is 17.0 Å². The van der Waals surface area contributed by atoms with E-state index in [4.69, 9.17) is 27.9 Å². The minimum Gasteiger partial charge on any atom is -0.497 e. The second-order valence-electron chi connectivity index (χ2n) is 6.04. The van der Waals surface area contributed by atoms with Gasteiger partial charge >= 0.3 is 0 Å². The Hall–Kier alpha value is -2.56. The van der Waals surface area contributed by atoms with Crippen molar-refractivity contribution in [1.82, 2.24) is 10.2 Å². The van der Waals surface area contributed by atoms with Gasteiger partial charge < -0.3 is 4.74 Å². The molecule has 130 valence electrons. The van der Waals surface area contributed by atoms with Gasteiger partial charge in [0.25, 0.3) is 0 Å². The van der Waals surface area contributed by atoms with Gasteiger partial charge in [0, 0.05) is 23.1 Å². The number of ether oxygens (including phenoxy) is 1. The lowest BCUT2D eigenvalue weighted by atomic mass is 10.1. The van der Waals surface area contributed by atoms with Crippen LogP contribution in [0.1, 0.15) is 21.6 Å². The summed E-state index contributed by atoms with van der Waals surface area (Å²) in [4.78, 5) is 12.6. The number of hydrogen-bond acceptors (Lipinski definition) is 3. The van der Waals surface area contributed by atoms with Gasteiger partial charge in [-0.2, -0.15) is 5.10 Å². The second kappa shape index (κ2) is 6.63. The molecular weight excluding hydrogens is 371 g/mol. The van der Waals surface area contributed by atoms with Crippen LogP contribution in [0.15, 0.2) is 48.0 Å². The number of benzene rings is 2. The van der Waals surface area contributed by atoms with Crippen molar-refractivity contribution >= 4 is 35.1 Å². The van der Waals surface area contributed by atoms with E-state index in [0.29, 0.717) is 16.5 Å². The first-order chi connectivity index (χ1) is 12.5. The summed E-state index contributed by atoms with van der Waals surface area (Å²) in [7, 11) is 1.62. The normalized spacial score (nSPS) is 14.7. The summed E-state index contributed by atoms with van der Waals surface area (Å²) < 4.78 is 5.23. The quantitative estimate of drug-likeness (QED) is 0.630. The van der Waals surface area contributed by atoms with E-state index in [0.717, 1.165) is 39.4 Å². The van der Waals surface area contributed by atoms with E-state index in [1.54, 1.807) is 25.3 Å². The summed E-state index contributed by atoms with van der Waals surface area (Å²) in [5.74, 6) is 0.787. The summed E-state index contributed by atoms with van der Waals surface area (Å²) >= 11 is 12.0. The molecular formula is C20H14Cl2N2O2. The third-order valence-corrected chi connectivity index (χ3v) is 5.11. The van der Waals surface area contributed by atoms with Crippen LogP contribution in [0, 0.1) is 0 Å². The smallest absolute Gasteiger partial charge is 0.189 e. The lowest BCUT2D eigenvalue weighted by Crippen LogP contribution is -1.95. The van der Waals surface area contributed by atoms with Crippen molar-refractivity contribution in [2.45, 2.75) is 6.42 Å². The van der Waals surface area contributed by atoms with Gasteiger partial charge in [-0.05, 0) is 48.0 Å². The van der Waals surface area contributed by atoms with Gasteiger partial charge in [0.2, 0.25) is 0 Å². The van der Waals surface area contributed by atoms with Crippen LogP contribution < -0.4 is 4.74 Å². The Bertz CT molecular complexity index is 1050. The standard InChI is InChI=1S/C20H14Cl2N2O2/c1-26-15-3-4-16-12(8-15)6-13(20(16)25)7-14-10-19(24-23-14)11-2-5-17(21)18(22)9-11/h2-5,7-10H,6H2,1H3,(H,23,24). The highest BCUT2D eigenvalue weighted by molar-refractivity contribution is 6.42. The topological polar surface area (TPSA) is 55.0 Å². The number of aromatic amines is 1. The molecule has 0 atom stereocenters. The van der Waals surface area contributed by atoms with Crippen molar-refractivity contribution in [2.75, 3.05) is 7.11 Å². The predicted molar refractivity (Wildman–Crippen MR) is 103 cm³/mol. The Morgan fingerprint density at radius 2 is 1.96 bits per heavy atom. The molecule has 1 heterocycles. The van der Waals surface area contributed by atoms with Crippen LogP contribution in [-0.2, 0) is 6.42 Å². The van der Waals surface area contributed by atoms with Gasteiger partial charge in [0.1, 0.15) is 5.75 Å². The number of nitrogens with one attached hydrogen (secondary N) is 1. The highest BCUT2D eigenvalue weighted by atomic mass is 35.5. The molecule has 3 aromatic rings. The summed E-state index contributed by atoms with van der Waals surface area (Å²) in [6.07, 6.45) is 2.41. The summed E-state index contributed by atoms with van der Waals surface area (Å²) in [5, 5.41) is 8.23. The molecule has 0 saturated carbocycles. The molecule has 4 nitrogen and oxygen atoms in total. The van der Waals surface area contributed by atoms with Crippen LogP contribution in [0.4, 0.5) is 0 Å². The molecule has 0 spiro atoms. The zero-order valence-electron chi connectivity index (χ0n) is 13.8. The van der Waals surface area contributed by atoms with E-state index < -0.39 is 0 Å². The summed E-state index contributed by atoms with van der Waals surface area (Å²) in [5.41, 5.74) is 4.77. The Labute approximate surface area is 160 Å². The van der Waals surface area contributed by atoms with E-state index in [2.05, 4.69) is 10.2 Å². The van der Waals surface area contributed by atoms with Crippen molar-refractivity contribution in [1.29, 1.82) is 0 Å². The second-order valence-corrected chi connectivity index (χ2v) is 6.85. The maximum absolute atomic E-state index is 12.6. The van der Waals surface area contributed by atoms with E-state index in [1.807, 2.05) is 30.3 Å². The molecule has 4 rings (SSSR count). The number of hydrogen-bond donors (Lipinski definition) is 1. The van der Waals surface area contributed by atoms with Gasteiger partial charge in [-0.1, -0.05) is 29.3 Å². The van der Waals surface area contributed by atoms with Crippen molar-refractivity contribution in [2.24, 2.45) is 0 Å². The third kappa shape index (κ3) is 3.02. The van der Waals surface area contributed by atoms with Crippen LogP contribution >= 0.6 is 23.2 Å². The highest BCUT2D eigenvalue weighted by Gasteiger charge is 2.25. The molecule has 0 bridgehead atoms. The number of Topliss-reactive ketones (excluding diaryl/α,β-unsaturated/α-hetero) is 1. The molecule has 2 aromatic carbocycles. The molecule has 0 aliphatic heterocycles. The minimum absolute atomic E-state index is 0.0355. The molecule has 1 N–H and O–H groups in total. The lowest BCUT2D eigenvalue weighted by molar-refractivity contribution is 0.104. The SMILES string of the molecule is COc1ccc2c(c1)CC(=Cc1cc(-c3ccc(Cl)c(Cl)c3)n[nH]1)C2=O. The molecule has 1 aromatic heterocycles. The number of carbonyl (C=O) groups is 1. The zero-order chi connectivity index (χ0) is 18.3. The van der Waals surface area contributed by atoms with Crippen molar-refractivity contribution in [3.63, 3.8) is 0 Å². The van der Waals surface area contributed by atoms with E-state index in [9.17, 15) is 4.79 Å². The van der Waals surface area contributed by atoms with E-state index in [1.165, 1.54) is 0 Å². The summed E-state index contributed by atoms with van der Waals surface area (Å²) in [6.45, 7) is 0. The molecule has 6 heteroatoms. The highest BCUT2D eigenvalue weighted by Crippen LogP contribution is 2.31. The van der Waals surface area contributed by atoms with Gasteiger partial charge in [-0.25, -0.2) is 0 Å². The van der Waals surface area contributed by atoms with Crippen LogP contribution in [0.5, 0.6) is 5.75 Å². The molecule has 1 aliphatic carbocycles. The summed E-state index contributed by atoms with van der Waals surface area (Å²) in [6, 6.07) is 12.7. The van der Waals surface area contributed by atoms with Crippen molar-refractivity contribution in [3.05, 3.63) is 74.9 Å². The van der Waals surface area contributed by atoms with Crippen molar-refractivity contribution < 1.29 is 9.53 Å². The number of methoxy groups -OCH3 is 1. The molecule has 0 fully saturated rings. The Morgan fingerprint density at radius 1 is 1.12 bits per heavy atom. The van der Waals surface area contributed by atoms with Gasteiger partial charge in [-0.3, -0.25) is 9.89 Å². The molecule has 1 aliphatic rings. The largest absolute Gasteiger partial charge is 0.497 e. The maximum Gasteiger partial charge on any atom is 0.189 e. The zero-order valence-corrected chi connectivity index (χ0v) is 15.4. The van der Waals surface area contributed by atoms with E-state index in [-0.39, 0.29) is 5.78 Å². The number of ketones is 1. The predicted octanol–water partition coefficient (Wildman–Crippen LogP) is 5.21. The number of fused-ring (bicyclic) bond motifs is 1. The fourth-order valence-electron chi connectivity index (χ4n) is 3.04. The number of nitrogens with zero attached hydrogens (tertiary/aromatic N) is 1. The van der Waals surface area contributed by atoms with Gasteiger partial charge in [0.05, 0.1) is 28.5 Å². The molecule has 0 radical (unpaired) electrons. The fourth-order valence-corrected chi connectivity index (χ4v) is 3.34. The Balaban J connectivity index is 1.63. The fraction of sp³-hybridized carbons (Fsp3) is 0.100. The maximum atomic E-state index is 12.6. The first-order valence-corrected chi connectivity index (χ1v) is 8.74. The molecule has 26 heavy (non-hydrogen) atoms. The molecule has 0 amide bonds. The third-order valence-electron chi connectivity index (χ3n) is 4.37. The first kappa shape index (κ1) is 16.9. The van der Waals surface area contributed by atoms with Gasteiger partial charge in [0.15, 0.2) is 5.78 Å². The van der Waals surface area contributed by atoms with Crippen LogP contribution in [0.3, 0.4) is 0 Å². The number of carbonyl (C=O) groups excluding carboxylic acids is 1. The molecule has 0 saturated heterocycles. The number of halogens is 2. The van der Waals surface area contributed by atoms with Crippen LogP contribution in [0.25, 0.3) is 17.3 Å². The molecule has 0 unspecified atom stereocenters. The van der Waals surface area contributed by atoms with E-state index >= 15 is 0 Å². The minimum atomic E-state index is 0.0355. The van der Waals surface area contributed by atoms with Crippen LogP contribution in [-0.4, -0.2) is 23.1 Å². The number of allylic oxidation sites excluding steroid dienone is 1. The Kier molecular flexibility index (Phi) is 4.31. The lowest BCUT2D eigenvalue weighted by Gasteiger charge is -2.01. The van der Waals surface area contributed by atoms with Gasteiger partial charge in [-0.15, -0.1) is 0 Å². The number of H-pyrrole nitrogens is 1. The monoisotopic (exact) mass is 384 g/mol. The average Bonchev–Trinajstić information content (AvgIpc) is 3.22. The Morgan fingerprint density at radius 3 is 2.73 bits per heavy atom. The first-order valence-electron chi connectivity index (χ1n) is 7.98. The number of aromatic nitrogens is 2. The average molecular weight is 385 g/mol. The van der Waals surface area contributed by atoms with Crippen LogP contribution in [0.2, 0.25) is 10.0 Å².